The lowest BCUT2D eigenvalue weighted by Gasteiger charge is -2.36. The Morgan fingerprint density at radius 2 is 1.60 bits per heavy atom. The summed E-state index contributed by atoms with van der Waals surface area (Å²) in [6.07, 6.45) is 0.865. The summed E-state index contributed by atoms with van der Waals surface area (Å²) in [4.78, 5) is 17.4. The van der Waals surface area contributed by atoms with Crippen LogP contribution in [0.1, 0.15) is 22.3 Å². The first-order valence-corrected chi connectivity index (χ1v) is 13.4. The number of amides is 1. The Labute approximate surface area is 207 Å². The number of hydrogen-bond donors (Lipinski definition) is 2. The van der Waals surface area contributed by atoms with Crippen LogP contribution in [0, 0.1) is 6.92 Å². The van der Waals surface area contributed by atoms with Gasteiger partial charge in [0.25, 0.3) is 15.9 Å². The van der Waals surface area contributed by atoms with Crippen molar-refractivity contribution in [3.8, 4) is 0 Å². The summed E-state index contributed by atoms with van der Waals surface area (Å²) >= 11 is 0. The van der Waals surface area contributed by atoms with Crippen molar-refractivity contribution in [2.45, 2.75) is 18.2 Å². The number of carbonyl (C=O) groups excluding carboxylic acids is 1. The van der Waals surface area contributed by atoms with Gasteiger partial charge in [-0.1, -0.05) is 30.3 Å². The van der Waals surface area contributed by atoms with E-state index in [4.69, 9.17) is 0 Å². The van der Waals surface area contributed by atoms with Gasteiger partial charge in [-0.2, -0.15) is 0 Å². The first-order chi connectivity index (χ1) is 16.9. The van der Waals surface area contributed by atoms with Gasteiger partial charge in [-0.15, -0.1) is 0 Å². The lowest BCUT2D eigenvalue weighted by Crippen LogP contribution is -2.47. The zero-order chi connectivity index (χ0) is 24.7. The highest BCUT2D eigenvalue weighted by atomic mass is 32.2. The van der Waals surface area contributed by atoms with Gasteiger partial charge in [0.1, 0.15) is 0 Å². The molecule has 0 aromatic heterocycles. The molecule has 35 heavy (non-hydrogen) atoms. The van der Waals surface area contributed by atoms with Gasteiger partial charge in [0.2, 0.25) is 0 Å². The van der Waals surface area contributed by atoms with Gasteiger partial charge in [0, 0.05) is 49.7 Å². The van der Waals surface area contributed by atoms with Crippen molar-refractivity contribution in [2.24, 2.45) is 0 Å². The number of piperazine rings is 1. The van der Waals surface area contributed by atoms with E-state index in [0.29, 0.717) is 17.8 Å². The summed E-state index contributed by atoms with van der Waals surface area (Å²) in [5, 5.41) is 2.94. The third-order valence-electron chi connectivity index (χ3n) is 6.13. The van der Waals surface area contributed by atoms with Gasteiger partial charge in [0.15, 0.2) is 0 Å². The summed E-state index contributed by atoms with van der Waals surface area (Å²) < 4.78 is 27.6. The second-order valence-electron chi connectivity index (χ2n) is 8.77. The molecule has 3 aromatic carbocycles. The molecule has 184 valence electrons. The lowest BCUT2D eigenvalue weighted by atomic mass is 10.2. The molecule has 0 spiro atoms. The molecule has 0 radical (unpaired) electrons. The van der Waals surface area contributed by atoms with E-state index in [0.717, 1.165) is 39.1 Å². The monoisotopic (exact) mass is 492 g/mol. The van der Waals surface area contributed by atoms with Crippen LogP contribution in [0.25, 0.3) is 0 Å². The van der Waals surface area contributed by atoms with E-state index >= 15 is 0 Å². The first-order valence-electron chi connectivity index (χ1n) is 11.9. The highest BCUT2D eigenvalue weighted by Gasteiger charge is 2.18. The molecule has 0 bridgehead atoms. The second-order valence-corrected chi connectivity index (χ2v) is 10.5. The molecule has 0 aliphatic carbocycles. The molecule has 3 aromatic rings. The fourth-order valence-corrected chi connectivity index (χ4v) is 5.23. The van der Waals surface area contributed by atoms with Crippen molar-refractivity contribution in [2.75, 3.05) is 48.9 Å². The minimum Gasteiger partial charge on any atom is -0.369 e. The molecule has 1 saturated heterocycles. The van der Waals surface area contributed by atoms with E-state index in [2.05, 4.69) is 51.0 Å². The second kappa shape index (κ2) is 11.4. The Morgan fingerprint density at radius 3 is 2.29 bits per heavy atom. The molecule has 1 heterocycles. The van der Waals surface area contributed by atoms with Crippen molar-refractivity contribution >= 4 is 27.3 Å². The highest BCUT2D eigenvalue weighted by Crippen LogP contribution is 2.18. The number of aryl methyl sites for hydroxylation is 1. The van der Waals surface area contributed by atoms with Gasteiger partial charge in [-0.3, -0.25) is 14.4 Å². The van der Waals surface area contributed by atoms with Crippen LogP contribution in [0.3, 0.4) is 0 Å². The Balaban J connectivity index is 1.19. The molecular weight excluding hydrogens is 460 g/mol. The van der Waals surface area contributed by atoms with Crippen LogP contribution >= 0.6 is 0 Å². The number of rotatable bonds is 9. The van der Waals surface area contributed by atoms with Crippen molar-refractivity contribution < 1.29 is 13.2 Å². The Hall–Kier alpha value is -3.36. The van der Waals surface area contributed by atoms with Gasteiger partial charge in [0.05, 0.1) is 4.90 Å². The fourth-order valence-electron chi connectivity index (χ4n) is 4.17. The summed E-state index contributed by atoms with van der Waals surface area (Å²) in [7, 11) is -3.70. The van der Waals surface area contributed by atoms with Gasteiger partial charge < -0.3 is 10.2 Å². The number of hydrogen-bond acceptors (Lipinski definition) is 5. The molecule has 1 amide bonds. The number of carbonyl (C=O) groups is 1. The number of nitrogens with zero attached hydrogens (tertiary/aromatic N) is 2. The minimum atomic E-state index is -3.70. The molecule has 2 N–H and O–H groups in total. The molecule has 4 rings (SSSR count). The number of nitrogens with one attached hydrogen (secondary N) is 2. The quantitative estimate of drug-likeness (QED) is 0.445. The Morgan fingerprint density at radius 1 is 0.886 bits per heavy atom. The van der Waals surface area contributed by atoms with Crippen molar-refractivity contribution in [3.05, 3.63) is 90.0 Å². The third kappa shape index (κ3) is 6.83. The topological polar surface area (TPSA) is 81.8 Å². The summed E-state index contributed by atoms with van der Waals surface area (Å²) in [5.41, 5.74) is 3.49. The van der Waals surface area contributed by atoms with E-state index in [1.807, 2.05) is 6.07 Å². The van der Waals surface area contributed by atoms with E-state index < -0.39 is 10.0 Å². The molecule has 0 unspecified atom stereocenters. The highest BCUT2D eigenvalue weighted by molar-refractivity contribution is 7.92. The van der Waals surface area contributed by atoms with Crippen LogP contribution in [-0.4, -0.2) is 58.5 Å². The zero-order valence-corrected chi connectivity index (χ0v) is 20.8. The molecule has 1 fully saturated rings. The lowest BCUT2D eigenvalue weighted by molar-refractivity contribution is 0.0951. The van der Waals surface area contributed by atoms with E-state index in [9.17, 15) is 13.2 Å². The maximum Gasteiger partial charge on any atom is 0.261 e. The van der Waals surface area contributed by atoms with Gasteiger partial charge in [-0.05, 0) is 74.0 Å². The number of sulfonamides is 1. The van der Waals surface area contributed by atoms with Crippen molar-refractivity contribution in [1.29, 1.82) is 0 Å². The van der Waals surface area contributed by atoms with Crippen molar-refractivity contribution in [3.63, 3.8) is 0 Å². The zero-order valence-electron chi connectivity index (χ0n) is 20.0. The van der Waals surface area contributed by atoms with Crippen LogP contribution in [0.4, 0.5) is 11.4 Å². The fraction of sp³-hybridized carbons (Fsp3) is 0.296. The molecule has 8 heteroatoms. The summed E-state index contributed by atoms with van der Waals surface area (Å²) in [6, 6.07) is 23.3. The summed E-state index contributed by atoms with van der Waals surface area (Å²) in [6.45, 7) is 7.66. The molecule has 1 aliphatic rings. The Kier molecular flexibility index (Phi) is 8.05. The van der Waals surface area contributed by atoms with E-state index in [1.165, 1.54) is 23.4 Å². The SMILES string of the molecule is Cc1cccc(N2CCN(CCCNC(=O)c3ccc(S(=O)(=O)Nc4ccccc4)cc3)CC2)c1. The maximum atomic E-state index is 12.5. The molecular formula is C27H32N4O3S. The average molecular weight is 493 g/mol. The number of benzene rings is 3. The molecule has 7 nitrogen and oxygen atoms in total. The molecule has 0 atom stereocenters. The normalized spacial score (nSPS) is 14.5. The Bertz CT molecular complexity index is 1220. The van der Waals surface area contributed by atoms with Crippen molar-refractivity contribution in [1.82, 2.24) is 10.2 Å². The van der Waals surface area contributed by atoms with Gasteiger partial charge in [-0.25, -0.2) is 8.42 Å². The maximum absolute atomic E-state index is 12.5. The minimum absolute atomic E-state index is 0.114. The van der Waals surface area contributed by atoms with Crippen LogP contribution in [0.2, 0.25) is 0 Å². The van der Waals surface area contributed by atoms with Crippen LogP contribution in [0.15, 0.2) is 83.8 Å². The predicted octanol–water partition coefficient (Wildman–Crippen LogP) is 3.74. The third-order valence-corrected chi connectivity index (χ3v) is 7.53. The molecule has 0 saturated carbocycles. The number of anilines is 2. The number of para-hydroxylation sites is 1. The largest absolute Gasteiger partial charge is 0.369 e. The van der Waals surface area contributed by atoms with E-state index in [1.54, 1.807) is 36.4 Å². The first kappa shape index (κ1) is 24.8. The van der Waals surface area contributed by atoms with E-state index in [-0.39, 0.29) is 10.8 Å². The smallest absolute Gasteiger partial charge is 0.261 e. The summed E-state index contributed by atoms with van der Waals surface area (Å²) in [5.74, 6) is -0.200. The van der Waals surface area contributed by atoms with Crippen LogP contribution in [-0.2, 0) is 10.0 Å². The predicted molar refractivity (Wildman–Crippen MR) is 140 cm³/mol. The van der Waals surface area contributed by atoms with Crippen LogP contribution < -0.4 is 14.9 Å². The van der Waals surface area contributed by atoms with Crippen LogP contribution in [0.5, 0.6) is 0 Å². The standard InChI is InChI=1S/C27H32N4O3S/c1-22-7-5-10-25(21-22)31-19-17-30(18-20-31)16-6-15-28-27(32)23-11-13-26(14-12-23)35(33,34)29-24-8-3-2-4-9-24/h2-5,7-14,21,29H,6,15-20H2,1H3,(H,28,32). The molecule has 1 aliphatic heterocycles. The average Bonchev–Trinajstić information content (AvgIpc) is 2.87. The van der Waals surface area contributed by atoms with Gasteiger partial charge >= 0.3 is 0 Å².